The van der Waals surface area contributed by atoms with E-state index < -0.39 is 0 Å². The summed E-state index contributed by atoms with van der Waals surface area (Å²) in [5.41, 5.74) is 4.14. The molecule has 0 radical (unpaired) electrons. The van der Waals surface area contributed by atoms with Gasteiger partial charge in [0, 0.05) is 49.8 Å². The Labute approximate surface area is 178 Å². The molecule has 1 aliphatic rings. The molecule has 0 spiro atoms. The molecule has 1 aliphatic heterocycles. The summed E-state index contributed by atoms with van der Waals surface area (Å²) in [4.78, 5) is 17.2. The van der Waals surface area contributed by atoms with Crippen LogP contribution >= 0.6 is 0 Å². The normalized spacial score (nSPS) is 14.3. The molecular formula is C25H28N4O. The SMILES string of the molecule is O=C(Nc1ccccc1)Nc1cccc(CCN2CCN(c3ccccc3)CC2)c1. The van der Waals surface area contributed by atoms with Crippen molar-refractivity contribution in [3.05, 3.63) is 90.5 Å². The van der Waals surface area contributed by atoms with Gasteiger partial charge in [-0.1, -0.05) is 48.5 Å². The van der Waals surface area contributed by atoms with Gasteiger partial charge in [-0.3, -0.25) is 4.90 Å². The summed E-state index contributed by atoms with van der Waals surface area (Å²) in [6.45, 7) is 5.30. The lowest BCUT2D eigenvalue weighted by Gasteiger charge is -2.36. The van der Waals surface area contributed by atoms with Crippen LogP contribution in [0.25, 0.3) is 0 Å². The first-order chi connectivity index (χ1) is 14.8. The van der Waals surface area contributed by atoms with Crippen LogP contribution in [0.1, 0.15) is 5.56 Å². The molecular weight excluding hydrogens is 372 g/mol. The number of anilines is 3. The number of para-hydroxylation sites is 2. The Hall–Kier alpha value is -3.31. The van der Waals surface area contributed by atoms with Gasteiger partial charge in [-0.05, 0) is 48.4 Å². The number of nitrogens with zero attached hydrogens (tertiary/aromatic N) is 2. The predicted octanol–water partition coefficient (Wildman–Crippen LogP) is 4.70. The molecule has 0 bridgehead atoms. The van der Waals surface area contributed by atoms with E-state index in [0.717, 1.165) is 50.5 Å². The molecule has 4 rings (SSSR count). The lowest BCUT2D eigenvalue weighted by atomic mass is 10.1. The molecule has 0 unspecified atom stereocenters. The summed E-state index contributed by atoms with van der Waals surface area (Å²) in [5, 5.41) is 5.77. The third kappa shape index (κ3) is 5.61. The highest BCUT2D eigenvalue weighted by molar-refractivity contribution is 5.99. The fraction of sp³-hybridized carbons (Fsp3) is 0.240. The van der Waals surface area contributed by atoms with Gasteiger partial charge in [0.15, 0.2) is 0 Å². The number of hydrogen-bond acceptors (Lipinski definition) is 3. The number of carbonyl (C=O) groups is 1. The van der Waals surface area contributed by atoms with Gasteiger partial charge in [-0.2, -0.15) is 0 Å². The molecule has 1 heterocycles. The minimum absolute atomic E-state index is 0.226. The first-order valence-electron chi connectivity index (χ1n) is 10.5. The van der Waals surface area contributed by atoms with Gasteiger partial charge in [-0.25, -0.2) is 4.79 Å². The molecule has 5 nitrogen and oxygen atoms in total. The van der Waals surface area contributed by atoms with Crippen LogP contribution in [0.3, 0.4) is 0 Å². The molecule has 1 fully saturated rings. The van der Waals surface area contributed by atoms with Gasteiger partial charge < -0.3 is 15.5 Å². The minimum Gasteiger partial charge on any atom is -0.369 e. The van der Waals surface area contributed by atoms with E-state index in [1.807, 2.05) is 42.5 Å². The molecule has 30 heavy (non-hydrogen) atoms. The maximum absolute atomic E-state index is 12.2. The van der Waals surface area contributed by atoms with Crippen molar-refractivity contribution in [2.24, 2.45) is 0 Å². The van der Waals surface area contributed by atoms with Gasteiger partial charge in [0.05, 0.1) is 0 Å². The topological polar surface area (TPSA) is 47.6 Å². The molecule has 3 aromatic rings. The number of piperazine rings is 1. The zero-order valence-corrected chi connectivity index (χ0v) is 17.1. The van der Waals surface area contributed by atoms with Crippen molar-refractivity contribution >= 4 is 23.1 Å². The van der Waals surface area contributed by atoms with Crippen LogP contribution in [0.4, 0.5) is 21.9 Å². The van der Waals surface area contributed by atoms with Crippen LogP contribution < -0.4 is 15.5 Å². The van der Waals surface area contributed by atoms with E-state index in [2.05, 4.69) is 62.9 Å². The van der Waals surface area contributed by atoms with E-state index in [0.29, 0.717) is 0 Å². The van der Waals surface area contributed by atoms with Crippen LogP contribution in [-0.4, -0.2) is 43.7 Å². The molecule has 0 atom stereocenters. The summed E-state index contributed by atoms with van der Waals surface area (Å²) < 4.78 is 0. The van der Waals surface area contributed by atoms with Crippen LogP contribution in [0.2, 0.25) is 0 Å². The fourth-order valence-electron chi connectivity index (χ4n) is 3.78. The minimum atomic E-state index is -0.226. The summed E-state index contributed by atoms with van der Waals surface area (Å²) in [6, 6.07) is 28.0. The molecule has 0 aliphatic carbocycles. The number of hydrogen-bond donors (Lipinski definition) is 2. The lowest BCUT2D eigenvalue weighted by Crippen LogP contribution is -2.46. The summed E-state index contributed by atoms with van der Waals surface area (Å²) in [7, 11) is 0. The highest BCUT2D eigenvalue weighted by atomic mass is 16.2. The lowest BCUT2D eigenvalue weighted by molar-refractivity contribution is 0.261. The smallest absolute Gasteiger partial charge is 0.323 e. The van der Waals surface area contributed by atoms with Crippen molar-refractivity contribution in [2.45, 2.75) is 6.42 Å². The maximum atomic E-state index is 12.2. The van der Waals surface area contributed by atoms with Crippen LogP contribution in [0, 0.1) is 0 Å². The van der Waals surface area contributed by atoms with Gasteiger partial charge >= 0.3 is 6.03 Å². The van der Waals surface area contributed by atoms with Gasteiger partial charge in [-0.15, -0.1) is 0 Å². The quantitative estimate of drug-likeness (QED) is 0.631. The standard InChI is InChI=1S/C25H28N4O/c30-25(26-22-9-3-1-4-10-22)27-23-11-7-8-21(20-23)14-15-28-16-18-29(19-17-28)24-12-5-2-6-13-24/h1-13,20H,14-19H2,(H2,26,27,30). The number of urea groups is 1. The number of benzene rings is 3. The number of nitrogens with one attached hydrogen (secondary N) is 2. The Balaban J connectivity index is 1.24. The Bertz CT molecular complexity index is 938. The highest BCUT2D eigenvalue weighted by Crippen LogP contribution is 2.17. The third-order valence-electron chi connectivity index (χ3n) is 5.43. The van der Waals surface area contributed by atoms with E-state index in [1.165, 1.54) is 11.3 Å². The van der Waals surface area contributed by atoms with E-state index in [-0.39, 0.29) is 6.03 Å². The Morgan fingerprint density at radius 3 is 2.10 bits per heavy atom. The second-order valence-corrected chi connectivity index (χ2v) is 7.56. The van der Waals surface area contributed by atoms with E-state index >= 15 is 0 Å². The molecule has 0 saturated carbocycles. The van der Waals surface area contributed by atoms with Gasteiger partial charge in [0.2, 0.25) is 0 Å². The number of carbonyl (C=O) groups excluding carboxylic acids is 1. The zero-order chi connectivity index (χ0) is 20.6. The average Bonchev–Trinajstić information content (AvgIpc) is 2.79. The molecule has 3 aromatic carbocycles. The summed E-state index contributed by atoms with van der Waals surface area (Å²) in [6.07, 6.45) is 0.973. The van der Waals surface area contributed by atoms with Crippen molar-refractivity contribution in [3.63, 3.8) is 0 Å². The highest BCUT2D eigenvalue weighted by Gasteiger charge is 2.16. The number of rotatable bonds is 6. The molecule has 154 valence electrons. The Morgan fingerprint density at radius 2 is 1.37 bits per heavy atom. The van der Waals surface area contributed by atoms with Crippen molar-refractivity contribution < 1.29 is 4.79 Å². The monoisotopic (exact) mass is 400 g/mol. The average molecular weight is 401 g/mol. The molecule has 0 aromatic heterocycles. The third-order valence-corrected chi connectivity index (χ3v) is 5.43. The second-order valence-electron chi connectivity index (χ2n) is 7.56. The van der Waals surface area contributed by atoms with Gasteiger partial charge in [0.1, 0.15) is 0 Å². The Kier molecular flexibility index (Phi) is 6.62. The Morgan fingerprint density at radius 1 is 0.733 bits per heavy atom. The second kappa shape index (κ2) is 9.94. The fourth-order valence-corrected chi connectivity index (χ4v) is 3.78. The van der Waals surface area contributed by atoms with Gasteiger partial charge in [0.25, 0.3) is 0 Å². The molecule has 5 heteroatoms. The van der Waals surface area contributed by atoms with E-state index in [1.54, 1.807) is 0 Å². The van der Waals surface area contributed by atoms with Crippen molar-refractivity contribution in [1.29, 1.82) is 0 Å². The van der Waals surface area contributed by atoms with E-state index in [9.17, 15) is 4.79 Å². The van der Waals surface area contributed by atoms with Crippen molar-refractivity contribution in [1.82, 2.24) is 4.90 Å². The largest absolute Gasteiger partial charge is 0.369 e. The number of amides is 2. The zero-order valence-electron chi connectivity index (χ0n) is 17.1. The summed E-state index contributed by atoms with van der Waals surface area (Å²) >= 11 is 0. The van der Waals surface area contributed by atoms with Crippen LogP contribution in [0.5, 0.6) is 0 Å². The predicted molar refractivity (Wildman–Crippen MR) is 124 cm³/mol. The first-order valence-corrected chi connectivity index (χ1v) is 10.5. The molecule has 1 saturated heterocycles. The van der Waals surface area contributed by atoms with E-state index in [4.69, 9.17) is 0 Å². The molecule has 2 amide bonds. The van der Waals surface area contributed by atoms with Crippen LogP contribution in [-0.2, 0) is 6.42 Å². The van der Waals surface area contributed by atoms with Crippen LogP contribution in [0.15, 0.2) is 84.9 Å². The maximum Gasteiger partial charge on any atom is 0.323 e. The van der Waals surface area contributed by atoms with Crippen molar-refractivity contribution in [2.75, 3.05) is 48.3 Å². The molecule has 2 N–H and O–H groups in total. The summed E-state index contributed by atoms with van der Waals surface area (Å²) in [5.74, 6) is 0. The van der Waals surface area contributed by atoms with Crippen molar-refractivity contribution in [3.8, 4) is 0 Å². The first kappa shape index (κ1) is 20.0.